The van der Waals surface area contributed by atoms with E-state index in [-0.39, 0.29) is 5.97 Å². The van der Waals surface area contributed by atoms with Gasteiger partial charge in [0.1, 0.15) is 0 Å². The van der Waals surface area contributed by atoms with Crippen molar-refractivity contribution in [1.82, 2.24) is 4.90 Å². The second kappa shape index (κ2) is 3.93. The van der Waals surface area contributed by atoms with Crippen LogP contribution in [0.5, 0.6) is 0 Å². The predicted octanol–water partition coefficient (Wildman–Crippen LogP) is 0.625. The highest BCUT2D eigenvalue weighted by atomic mass is 16.5. The SMILES string of the molecule is COC(=O)/C=C(/C)N(C)C. The summed E-state index contributed by atoms with van der Waals surface area (Å²) >= 11 is 0. The summed E-state index contributed by atoms with van der Waals surface area (Å²) in [7, 11) is 5.10. The van der Waals surface area contributed by atoms with E-state index in [1.54, 1.807) is 0 Å². The monoisotopic (exact) mass is 143 g/mol. The molecule has 0 fully saturated rings. The van der Waals surface area contributed by atoms with Gasteiger partial charge in [-0.3, -0.25) is 0 Å². The van der Waals surface area contributed by atoms with Gasteiger partial charge in [-0.05, 0) is 6.92 Å². The van der Waals surface area contributed by atoms with E-state index in [1.807, 2.05) is 25.9 Å². The smallest absolute Gasteiger partial charge is 0.332 e. The molecule has 10 heavy (non-hydrogen) atoms. The Kier molecular flexibility index (Phi) is 3.54. The molecule has 0 aliphatic carbocycles. The maximum Gasteiger partial charge on any atom is 0.332 e. The van der Waals surface area contributed by atoms with E-state index < -0.39 is 0 Å². The topological polar surface area (TPSA) is 29.5 Å². The largest absolute Gasteiger partial charge is 0.466 e. The Hall–Kier alpha value is -0.990. The van der Waals surface area contributed by atoms with Gasteiger partial charge in [-0.25, -0.2) is 4.79 Å². The lowest BCUT2D eigenvalue weighted by atomic mass is 10.4. The van der Waals surface area contributed by atoms with Crippen LogP contribution in [-0.2, 0) is 9.53 Å². The van der Waals surface area contributed by atoms with Crippen molar-refractivity contribution in [2.24, 2.45) is 0 Å². The predicted molar refractivity (Wildman–Crippen MR) is 39.5 cm³/mol. The summed E-state index contributed by atoms with van der Waals surface area (Å²) in [6.45, 7) is 1.84. The molecule has 0 aromatic heterocycles. The molecule has 0 aliphatic heterocycles. The van der Waals surface area contributed by atoms with Gasteiger partial charge in [-0.1, -0.05) is 0 Å². The lowest BCUT2D eigenvalue weighted by molar-refractivity contribution is -0.134. The minimum Gasteiger partial charge on any atom is -0.466 e. The zero-order valence-corrected chi connectivity index (χ0v) is 6.84. The van der Waals surface area contributed by atoms with Gasteiger partial charge in [0.15, 0.2) is 0 Å². The zero-order valence-electron chi connectivity index (χ0n) is 6.84. The number of ether oxygens (including phenoxy) is 1. The van der Waals surface area contributed by atoms with Crippen LogP contribution in [0.2, 0.25) is 0 Å². The van der Waals surface area contributed by atoms with Gasteiger partial charge >= 0.3 is 5.97 Å². The molecule has 0 saturated carbocycles. The van der Waals surface area contributed by atoms with Crippen LogP contribution in [0.1, 0.15) is 6.92 Å². The quantitative estimate of drug-likeness (QED) is 0.419. The van der Waals surface area contributed by atoms with Crippen molar-refractivity contribution in [3.8, 4) is 0 Å². The van der Waals surface area contributed by atoms with Crippen molar-refractivity contribution in [3.63, 3.8) is 0 Å². The standard InChI is InChI=1S/C7H13NO2/c1-6(8(2)3)5-7(9)10-4/h5H,1-4H3/b6-5-. The van der Waals surface area contributed by atoms with Crippen LogP contribution in [0.25, 0.3) is 0 Å². The first-order valence-electron chi connectivity index (χ1n) is 3.01. The molecule has 0 atom stereocenters. The minimum atomic E-state index is -0.314. The van der Waals surface area contributed by atoms with Crippen LogP contribution < -0.4 is 0 Å². The van der Waals surface area contributed by atoms with E-state index in [4.69, 9.17) is 0 Å². The van der Waals surface area contributed by atoms with E-state index in [0.29, 0.717) is 0 Å². The fourth-order valence-electron chi connectivity index (χ4n) is 0.359. The average Bonchev–Trinajstić information content (AvgIpc) is 1.87. The molecular formula is C7H13NO2. The summed E-state index contributed by atoms with van der Waals surface area (Å²) in [5.74, 6) is -0.314. The van der Waals surface area contributed by atoms with Gasteiger partial charge in [0.25, 0.3) is 0 Å². The number of hydrogen-bond acceptors (Lipinski definition) is 3. The average molecular weight is 143 g/mol. The van der Waals surface area contributed by atoms with Gasteiger partial charge < -0.3 is 9.64 Å². The Balaban J connectivity index is 4.03. The fraction of sp³-hybridized carbons (Fsp3) is 0.571. The van der Waals surface area contributed by atoms with Gasteiger partial charge in [0.2, 0.25) is 0 Å². The van der Waals surface area contributed by atoms with Gasteiger partial charge in [0, 0.05) is 25.9 Å². The Bertz CT molecular complexity index is 150. The summed E-state index contributed by atoms with van der Waals surface area (Å²) in [6.07, 6.45) is 1.44. The lowest BCUT2D eigenvalue weighted by Gasteiger charge is -2.11. The van der Waals surface area contributed by atoms with E-state index in [9.17, 15) is 4.79 Å². The van der Waals surface area contributed by atoms with Crippen LogP contribution in [0.3, 0.4) is 0 Å². The molecule has 0 aromatic rings. The molecule has 0 aromatic carbocycles. The maximum atomic E-state index is 10.6. The number of methoxy groups -OCH3 is 1. The third kappa shape index (κ3) is 3.12. The molecule has 0 unspecified atom stereocenters. The Morgan fingerprint density at radius 3 is 2.30 bits per heavy atom. The van der Waals surface area contributed by atoms with Crippen molar-refractivity contribution < 1.29 is 9.53 Å². The first-order valence-corrected chi connectivity index (χ1v) is 3.01. The normalized spacial score (nSPS) is 11.0. The fourth-order valence-corrected chi connectivity index (χ4v) is 0.359. The molecule has 0 spiro atoms. The molecule has 58 valence electrons. The highest BCUT2D eigenvalue weighted by molar-refractivity contribution is 5.82. The van der Waals surface area contributed by atoms with Crippen molar-refractivity contribution >= 4 is 5.97 Å². The summed E-state index contributed by atoms with van der Waals surface area (Å²) < 4.78 is 4.43. The molecule has 0 aliphatic rings. The number of nitrogens with zero attached hydrogens (tertiary/aromatic N) is 1. The minimum absolute atomic E-state index is 0.314. The second-order valence-corrected chi connectivity index (χ2v) is 2.20. The van der Waals surface area contributed by atoms with Crippen LogP contribution in [-0.4, -0.2) is 32.1 Å². The summed E-state index contributed by atoms with van der Waals surface area (Å²) in [4.78, 5) is 12.4. The van der Waals surface area contributed by atoms with E-state index in [0.717, 1.165) is 5.70 Å². The Labute approximate surface area is 61.3 Å². The Morgan fingerprint density at radius 1 is 1.50 bits per heavy atom. The molecule has 0 rings (SSSR count). The molecule has 0 saturated heterocycles. The number of carbonyl (C=O) groups excluding carboxylic acids is 1. The summed E-state index contributed by atoms with van der Waals surface area (Å²) in [5.41, 5.74) is 0.881. The Morgan fingerprint density at radius 2 is 2.00 bits per heavy atom. The number of hydrogen-bond donors (Lipinski definition) is 0. The number of carbonyl (C=O) groups is 1. The highest BCUT2D eigenvalue weighted by Crippen LogP contribution is 1.95. The zero-order chi connectivity index (χ0) is 8.15. The van der Waals surface area contributed by atoms with Crippen molar-refractivity contribution in [1.29, 1.82) is 0 Å². The summed E-state index contributed by atoms with van der Waals surface area (Å²) in [5, 5.41) is 0. The van der Waals surface area contributed by atoms with E-state index >= 15 is 0 Å². The highest BCUT2D eigenvalue weighted by Gasteiger charge is 1.96. The van der Waals surface area contributed by atoms with Crippen LogP contribution in [0, 0.1) is 0 Å². The van der Waals surface area contributed by atoms with Crippen molar-refractivity contribution in [3.05, 3.63) is 11.8 Å². The molecule has 0 heterocycles. The first-order chi connectivity index (χ1) is 4.57. The van der Waals surface area contributed by atoms with Crippen molar-refractivity contribution in [2.75, 3.05) is 21.2 Å². The molecule has 0 radical (unpaired) electrons. The van der Waals surface area contributed by atoms with Gasteiger partial charge in [-0.15, -0.1) is 0 Å². The third-order valence-corrected chi connectivity index (χ3v) is 1.23. The summed E-state index contributed by atoms with van der Waals surface area (Å²) in [6, 6.07) is 0. The molecule has 0 bridgehead atoms. The molecular weight excluding hydrogens is 130 g/mol. The number of rotatable bonds is 2. The number of allylic oxidation sites excluding steroid dienone is 1. The van der Waals surface area contributed by atoms with Crippen LogP contribution >= 0.6 is 0 Å². The van der Waals surface area contributed by atoms with Gasteiger partial charge in [-0.2, -0.15) is 0 Å². The number of esters is 1. The maximum absolute atomic E-state index is 10.6. The van der Waals surface area contributed by atoms with Crippen molar-refractivity contribution in [2.45, 2.75) is 6.92 Å². The van der Waals surface area contributed by atoms with E-state index in [2.05, 4.69) is 4.74 Å². The lowest BCUT2D eigenvalue weighted by Crippen LogP contribution is -2.10. The third-order valence-electron chi connectivity index (χ3n) is 1.23. The second-order valence-electron chi connectivity index (χ2n) is 2.20. The molecule has 3 heteroatoms. The molecule has 0 amide bonds. The van der Waals surface area contributed by atoms with Crippen LogP contribution in [0.15, 0.2) is 11.8 Å². The first kappa shape index (κ1) is 9.01. The van der Waals surface area contributed by atoms with Crippen LogP contribution in [0.4, 0.5) is 0 Å². The molecule has 0 N–H and O–H groups in total. The molecule has 3 nitrogen and oxygen atoms in total. The van der Waals surface area contributed by atoms with Gasteiger partial charge in [0.05, 0.1) is 7.11 Å². The van der Waals surface area contributed by atoms with E-state index in [1.165, 1.54) is 13.2 Å².